The third-order valence-corrected chi connectivity index (χ3v) is 4.17. The lowest BCUT2D eigenvalue weighted by Gasteiger charge is -2.05. The maximum absolute atomic E-state index is 13.3. The van der Waals surface area contributed by atoms with Crippen molar-refractivity contribution >= 4 is 28.6 Å². The Morgan fingerprint density at radius 2 is 2.23 bits per heavy atom. The zero-order valence-corrected chi connectivity index (χ0v) is 13.9. The molecule has 26 heavy (non-hydrogen) atoms. The molecular weight excluding hydrogens is 367 g/mol. The molecule has 0 saturated heterocycles. The number of hydrogen-bond acceptors (Lipinski definition) is 7. The van der Waals surface area contributed by atoms with Crippen LogP contribution in [0.1, 0.15) is 6.42 Å². The lowest BCUT2D eigenvalue weighted by molar-refractivity contribution is -0.387. The van der Waals surface area contributed by atoms with E-state index in [4.69, 9.17) is 4.42 Å². The highest BCUT2D eigenvalue weighted by molar-refractivity contribution is 7.13. The fraction of sp³-hybridized carbons (Fsp3) is 0.133. The van der Waals surface area contributed by atoms with Crippen molar-refractivity contribution in [2.45, 2.75) is 13.0 Å². The Hall–Kier alpha value is -3.34. The summed E-state index contributed by atoms with van der Waals surface area (Å²) in [5.74, 6) is -2.04. The van der Waals surface area contributed by atoms with Gasteiger partial charge in [-0.05, 0) is 23.6 Å². The fourth-order valence-corrected chi connectivity index (χ4v) is 2.75. The molecule has 0 saturated carbocycles. The molecule has 134 valence electrons. The minimum Gasteiger partial charge on any atom is -0.387 e. The first-order chi connectivity index (χ1) is 12.4. The van der Waals surface area contributed by atoms with Crippen LogP contribution in [0, 0.1) is 15.9 Å². The number of aromatic nitrogens is 2. The standard InChI is InChI=1S/C15H11FN4O5S/c16-10-4-3-9(8-11(10)20(23)24)17-13(21)5-6-19-15(22)25-14(18-19)12-2-1-7-26-12/h1-4,7-8H,5-6H2,(H,17,21). The first kappa shape index (κ1) is 17.5. The zero-order valence-electron chi connectivity index (χ0n) is 13.0. The SMILES string of the molecule is O=C(CCn1nc(-c2cccs2)oc1=O)Nc1ccc(F)c([N+](=O)[O-])c1. The van der Waals surface area contributed by atoms with Crippen molar-refractivity contribution in [1.82, 2.24) is 9.78 Å². The van der Waals surface area contributed by atoms with Gasteiger partial charge >= 0.3 is 11.4 Å². The summed E-state index contributed by atoms with van der Waals surface area (Å²) < 4.78 is 19.3. The molecular formula is C15H11FN4O5S. The summed E-state index contributed by atoms with van der Waals surface area (Å²) >= 11 is 1.36. The smallest absolute Gasteiger partial charge is 0.387 e. The van der Waals surface area contributed by atoms with Gasteiger partial charge in [0.2, 0.25) is 11.7 Å². The number of thiophene rings is 1. The highest BCUT2D eigenvalue weighted by Crippen LogP contribution is 2.22. The molecule has 0 aliphatic rings. The number of benzene rings is 1. The predicted molar refractivity (Wildman–Crippen MR) is 90.4 cm³/mol. The monoisotopic (exact) mass is 378 g/mol. The minimum atomic E-state index is -0.997. The molecule has 1 aromatic carbocycles. The average molecular weight is 378 g/mol. The Labute approximate surface area is 148 Å². The number of amides is 1. The number of nitro groups is 1. The second-order valence-electron chi connectivity index (χ2n) is 5.10. The van der Waals surface area contributed by atoms with Crippen molar-refractivity contribution in [1.29, 1.82) is 0 Å². The van der Waals surface area contributed by atoms with Crippen molar-refractivity contribution in [2.24, 2.45) is 0 Å². The van der Waals surface area contributed by atoms with Gasteiger partial charge in [-0.2, -0.15) is 9.07 Å². The molecule has 0 fully saturated rings. The highest BCUT2D eigenvalue weighted by atomic mass is 32.1. The Bertz CT molecular complexity index is 1010. The molecule has 0 spiro atoms. The third-order valence-electron chi connectivity index (χ3n) is 3.32. The summed E-state index contributed by atoms with van der Waals surface area (Å²) in [7, 11) is 0. The van der Waals surface area contributed by atoms with Crippen molar-refractivity contribution in [2.75, 3.05) is 5.32 Å². The Morgan fingerprint density at radius 3 is 2.92 bits per heavy atom. The van der Waals surface area contributed by atoms with Gasteiger partial charge in [-0.15, -0.1) is 16.4 Å². The van der Waals surface area contributed by atoms with Crippen LogP contribution in [-0.4, -0.2) is 20.6 Å². The first-order valence-electron chi connectivity index (χ1n) is 7.29. The summed E-state index contributed by atoms with van der Waals surface area (Å²) in [5, 5.41) is 18.9. The normalized spacial score (nSPS) is 10.7. The van der Waals surface area contributed by atoms with Crippen molar-refractivity contribution in [3.63, 3.8) is 0 Å². The van der Waals surface area contributed by atoms with Crippen LogP contribution in [-0.2, 0) is 11.3 Å². The van der Waals surface area contributed by atoms with Crippen LogP contribution in [0.2, 0.25) is 0 Å². The number of hydrogen-bond donors (Lipinski definition) is 1. The quantitative estimate of drug-likeness (QED) is 0.520. The van der Waals surface area contributed by atoms with Crippen LogP contribution >= 0.6 is 11.3 Å². The predicted octanol–water partition coefficient (Wildman–Crippen LogP) is 2.64. The maximum Gasteiger partial charge on any atom is 0.437 e. The van der Waals surface area contributed by atoms with Crippen molar-refractivity contribution in [3.05, 3.63) is 62.2 Å². The maximum atomic E-state index is 13.3. The Morgan fingerprint density at radius 1 is 1.42 bits per heavy atom. The van der Waals surface area contributed by atoms with Gasteiger partial charge in [0, 0.05) is 18.2 Å². The number of nitrogens with zero attached hydrogens (tertiary/aromatic N) is 3. The number of anilines is 1. The second kappa shape index (κ2) is 7.27. The van der Waals surface area contributed by atoms with E-state index in [1.807, 2.05) is 5.38 Å². The minimum absolute atomic E-state index is 0.0389. The molecule has 9 nitrogen and oxygen atoms in total. The Kier molecular flexibility index (Phi) is 4.89. The highest BCUT2D eigenvalue weighted by Gasteiger charge is 2.16. The number of rotatable bonds is 6. The van der Waals surface area contributed by atoms with E-state index in [2.05, 4.69) is 10.4 Å². The van der Waals surface area contributed by atoms with E-state index < -0.39 is 28.1 Å². The van der Waals surface area contributed by atoms with E-state index in [0.717, 1.165) is 16.8 Å². The molecule has 1 amide bonds. The molecule has 2 heterocycles. The fourth-order valence-electron chi connectivity index (χ4n) is 2.11. The number of nitro benzene ring substituents is 1. The topological polar surface area (TPSA) is 120 Å². The van der Waals surface area contributed by atoms with Crippen LogP contribution in [0.15, 0.2) is 44.9 Å². The van der Waals surface area contributed by atoms with Gasteiger partial charge in [0.1, 0.15) is 0 Å². The molecule has 0 aliphatic carbocycles. The summed E-state index contributed by atoms with van der Waals surface area (Å²) in [6, 6.07) is 6.55. The molecule has 0 bridgehead atoms. The number of aryl methyl sites for hydroxylation is 1. The number of carbonyl (C=O) groups is 1. The van der Waals surface area contributed by atoms with Gasteiger partial charge in [0.15, 0.2) is 0 Å². The van der Waals surface area contributed by atoms with Gasteiger partial charge in [-0.3, -0.25) is 14.9 Å². The van der Waals surface area contributed by atoms with Crippen LogP contribution in [0.25, 0.3) is 10.8 Å². The van der Waals surface area contributed by atoms with Gasteiger partial charge in [-0.1, -0.05) is 6.07 Å². The van der Waals surface area contributed by atoms with E-state index >= 15 is 0 Å². The molecule has 3 aromatic rings. The average Bonchev–Trinajstić information content (AvgIpc) is 3.24. The van der Waals surface area contributed by atoms with Crippen molar-refractivity contribution < 1.29 is 18.5 Å². The summed E-state index contributed by atoms with van der Waals surface area (Å²) in [4.78, 5) is 34.2. The van der Waals surface area contributed by atoms with E-state index in [1.165, 1.54) is 17.4 Å². The van der Waals surface area contributed by atoms with Gasteiger partial charge in [0.05, 0.1) is 16.3 Å². The zero-order chi connectivity index (χ0) is 18.7. The van der Waals surface area contributed by atoms with E-state index in [-0.39, 0.29) is 24.5 Å². The van der Waals surface area contributed by atoms with Crippen LogP contribution < -0.4 is 11.1 Å². The van der Waals surface area contributed by atoms with Gasteiger partial charge < -0.3 is 9.73 Å². The summed E-state index contributed by atoms with van der Waals surface area (Å²) in [6.45, 7) is -0.0389. The molecule has 3 rings (SSSR count). The molecule has 0 atom stereocenters. The third kappa shape index (κ3) is 3.83. The lowest BCUT2D eigenvalue weighted by atomic mass is 10.2. The molecule has 1 N–H and O–H groups in total. The number of nitrogens with one attached hydrogen (secondary N) is 1. The second-order valence-corrected chi connectivity index (χ2v) is 6.04. The molecule has 0 radical (unpaired) electrons. The molecule has 11 heteroatoms. The first-order valence-corrected chi connectivity index (χ1v) is 8.17. The van der Waals surface area contributed by atoms with Gasteiger partial charge in [-0.25, -0.2) is 4.79 Å². The Balaban J connectivity index is 1.64. The largest absolute Gasteiger partial charge is 0.437 e. The number of halogens is 1. The van der Waals surface area contributed by atoms with Crippen LogP contribution in [0.5, 0.6) is 0 Å². The van der Waals surface area contributed by atoms with E-state index in [1.54, 1.807) is 12.1 Å². The molecule has 0 unspecified atom stereocenters. The van der Waals surface area contributed by atoms with Crippen LogP contribution in [0.3, 0.4) is 0 Å². The van der Waals surface area contributed by atoms with Crippen molar-refractivity contribution in [3.8, 4) is 10.8 Å². The van der Waals surface area contributed by atoms with Gasteiger partial charge in [0.25, 0.3) is 5.89 Å². The summed E-state index contributed by atoms with van der Waals surface area (Å²) in [5.41, 5.74) is -0.661. The molecule has 2 aromatic heterocycles. The van der Waals surface area contributed by atoms with E-state index in [0.29, 0.717) is 4.88 Å². The molecule has 0 aliphatic heterocycles. The number of carbonyl (C=O) groups excluding carboxylic acids is 1. The summed E-state index contributed by atoms with van der Waals surface area (Å²) in [6.07, 6.45) is -0.124. The lowest BCUT2D eigenvalue weighted by Crippen LogP contribution is -2.21. The van der Waals surface area contributed by atoms with Crippen LogP contribution in [0.4, 0.5) is 15.8 Å². The van der Waals surface area contributed by atoms with E-state index in [9.17, 15) is 24.1 Å².